The average Bonchev–Trinajstić information content (AvgIpc) is 3.36. The lowest BCUT2D eigenvalue weighted by atomic mass is 10.0. The molecule has 2 aliphatic rings. The summed E-state index contributed by atoms with van der Waals surface area (Å²) in [7, 11) is -3.68. The van der Waals surface area contributed by atoms with Gasteiger partial charge in [-0.05, 0) is 29.5 Å². The molecule has 3 heterocycles. The maximum atomic E-state index is 12.8. The number of nitrogens with one attached hydrogen (secondary N) is 1. The maximum absolute atomic E-state index is 12.8. The number of aromatic nitrogens is 2. The van der Waals surface area contributed by atoms with Crippen LogP contribution in [0.4, 0.5) is 4.79 Å². The van der Waals surface area contributed by atoms with Crippen LogP contribution in [0.5, 0.6) is 0 Å². The number of carbonyl (C=O) groups is 2. The lowest BCUT2D eigenvalue weighted by molar-refractivity contribution is 0.0981. The van der Waals surface area contributed by atoms with E-state index in [9.17, 15) is 18.0 Å². The fourth-order valence-electron chi connectivity index (χ4n) is 4.14. The summed E-state index contributed by atoms with van der Waals surface area (Å²) >= 11 is 5.94. The van der Waals surface area contributed by atoms with Crippen LogP contribution < -0.4 is 4.72 Å². The van der Waals surface area contributed by atoms with E-state index < -0.39 is 15.9 Å². The summed E-state index contributed by atoms with van der Waals surface area (Å²) in [5, 5.41) is 4.66. The molecule has 1 aromatic heterocycles. The number of fused-ring (bicyclic) bond motifs is 1. The van der Waals surface area contributed by atoms with Crippen molar-refractivity contribution in [3.8, 4) is 0 Å². The molecule has 2 fully saturated rings. The van der Waals surface area contributed by atoms with Crippen LogP contribution in [0.1, 0.15) is 15.9 Å². The van der Waals surface area contributed by atoms with Crippen molar-refractivity contribution in [3.63, 3.8) is 0 Å². The van der Waals surface area contributed by atoms with Crippen molar-refractivity contribution in [3.05, 3.63) is 52.8 Å². The highest BCUT2D eigenvalue weighted by Gasteiger charge is 2.42. The van der Waals surface area contributed by atoms with Gasteiger partial charge in [0.05, 0.1) is 18.0 Å². The minimum atomic E-state index is -3.68. The van der Waals surface area contributed by atoms with E-state index in [-0.39, 0.29) is 11.6 Å². The van der Waals surface area contributed by atoms with E-state index in [1.165, 1.54) is 18.0 Å². The van der Waals surface area contributed by atoms with Gasteiger partial charge in [0.1, 0.15) is 0 Å². The van der Waals surface area contributed by atoms with Crippen LogP contribution in [0.15, 0.2) is 36.7 Å². The molecule has 4 rings (SSSR count). The third-order valence-corrected chi connectivity index (χ3v) is 6.28. The third kappa shape index (κ3) is 4.66. The van der Waals surface area contributed by atoms with Crippen molar-refractivity contribution in [1.29, 1.82) is 0 Å². The number of likely N-dealkylation sites (tertiary alicyclic amines) is 2. The van der Waals surface area contributed by atoms with E-state index in [1.807, 2.05) is 29.0 Å². The Morgan fingerprint density at radius 3 is 2.37 bits per heavy atom. The predicted octanol–water partition coefficient (Wildman–Crippen LogP) is 1.26. The number of carbonyl (C=O) groups excluding carboxylic acids is 2. The first kappa shape index (κ1) is 20.8. The van der Waals surface area contributed by atoms with E-state index in [0.717, 1.165) is 35.6 Å². The second kappa shape index (κ2) is 8.01. The first-order chi connectivity index (χ1) is 14.2. The molecule has 1 aromatic carbocycles. The molecular weight excluding hydrogens is 430 g/mol. The van der Waals surface area contributed by atoms with Crippen LogP contribution in [-0.2, 0) is 16.6 Å². The molecule has 0 spiro atoms. The molecule has 1 N–H and O–H groups in total. The van der Waals surface area contributed by atoms with Crippen LogP contribution >= 0.6 is 11.6 Å². The standard InChI is InChI=1S/C19H22ClN5O4S/c1-30(28,29)22-18(26)14-6-21-25(12-14)19(27)24-10-15-8-23(9-16(15)11-24)7-13-2-4-17(20)5-3-13/h2-6,12,15-16H,7-11H2,1H3,(H,22,26). The number of amides is 2. The molecule has 160 valence electrons. The Balaban J connectivity index is 1.33. The predicted molar refractivity (Wildman–Crippen MR) is 111 cm³/mol. The topological polar surface area (TPSA) is 105 Å². The number of benzene rings is 1. The Kier molecular flexibility index (Phi) is 5.56. The summed E-state index contributed by atoms with van der Waals surface area (Å²) in [6.07, 6.45) is 3.33. The van der Waals surface area contributed by atoms with Crippen LogP contribution in [0.3, 0.4) is 0 Å². The molecule has 30 heavy (non-hydrogen) atoms. The zero-order valence-corrected chi connectivity index (χ0v) is 17.9. The molecule has 2 atom stereocenters. The van der Waals surface area contributed by atoms with Gasteiger partial charge in [0.15, 0.2) is 0 Å². The molecule has 0 radical (unpaired) electrons. The fourth-order valence-corrected chi connectivity index (χ4v) is 4.72. The van der Waals surface area contributed by atoms with Crippen molar-refractivity contribution >= 4 is 33.6 Å². The Morgan fingerprint density at radius 1 is 1.13 bits per heavy atom. The molecular formula is C19H22ClN5O4S. The summed E-state index contributed by atoms with van der Waals surface area (Å²) in [4.78, 5) is 28.8. The first-order valence-corrected chi connectivity index (χ1v) is 11.8. The van der Waals surface area contributed by atoms with Gasteiger partial charge in [-0.3, -0.25) is 9.69 Å². The van der Waals surface area contributed by atoms with Gasteiger partial charge in [0.2, 0.25) is 10.0 Å². The summed E-state index contributed by atoms with van der Waals surface area (Å²) in [6.45, 7) is 3.95. The molecule has 0 saturated carbocycles. The van der Waals surface area contributed by atoms with E-state index in [4.69, 9.17) is 11.6 Å². The van der Waals surface area contributed by atoms with Crippen molar-refractivity contribution < 1.29 is 18.0 Å². The zero-order valence-electron chi connectivity index (χ0n) is 16.4. The van der Waals surface area contributed by atoms with Gasteiger partial charge in [-0.25, -0.2) is 17.9 Å². The lowest BCUT2D eigenvalue weighted by Gasteiger charge is -2.21. The van der Waals surface area contributed by atoms with Crippen molar-refractivity contribution in [2.75, 3.05) is 32.4 Å². The number of hydrogen-bond donors (Lipinski definition) is 1. The van der Waals surface area contributed by atoms with Crippen molar-refractivity contribution in [1.82, 2.24) is 24.3 Å². The molecule has 9 nitrogen and oxygen atoms in total. The monoisotopic (exact) mass is 451 g/mol. The minimum absolute atomic E-state index is 0.0160. The zero-order chi connectivity index (χ0) is 21.5. The molecule has 2 aromatic rings. The highest BCUT2D eigenvalue weighted by molar-refractivity contribution is 7.89. The van der Waals surface area contributed by atoms with Gasteiger partial charge in [-0.15, -0.1) is 0 Å². The summed E-state index contributed by atoms with van der Waals surface area (Å²) in [6, 6.07) is 7.53. The summed E-state index contributed by atoms with van der Waals surface area (Å²) in [5.41, 5.74) is 1.23. The minimum Gasteiger partial charge on any atom is -0.322 e. The highest BCUT2D eigenvalue weighted by atomic mass is 35.5. The van der Waals surface area contributed by atoms with Gasteiger partial charge in [0.25, 0.3) is 5.91 Å². The maximum Gasteiger partial charge on any atom is 0.344 e. The molecule has 11 heteroatoms. The SMILES string of the molecule is CS(=O)(=O)NC(=O)c1cnn(C(=O)N2CC3CN(Cc4ccc(Cl)cc4)CC3C2)c1. The molecule has 2 amide bonds. The second-order valence-corrected chi connectivity index (χ2v) is 10.1. The quantitative estimate of drug-likeness (QED) is 0.750. The second-order valence-electron chi connectivity index (χ2n) is 7.91. The number of hydrogen-bond acceptors (Lipinski definition) is 6. The fraction of sp³-hybridized carbons (Fsp3) is 0.421. The first-order valence-electron chi connectivity index (χ1n) is 9.51. The molecule has 2 unspecified atom stereocenters. The number of sulfonamides is 1. The average molecular weight is 452 g/mol. The van der Waals surface area contributed by atoms with E-state index in [2.05, 4.69) is 10.00 Å². The lowest BCUT2D eigenvalue weighted by Crippen LogP contribution is -2.36. The van der Waals surface area contributed by atoms with E-state index in [1.54, 1.807) is 4.90 Å². The van der Waals surface area contributed by atoms with Crippen LogP contribution in [0.25, 0.3) is 0 Å². The smallest absolute Gasteiger partial charge is 0.322 e. The van der Waals surface area contributed by atoms with Gasteiger partial charge < -0.3 is 4.90 Å². The van der Waals surface area contributed by atoms with Gasteiger partial charge in [-0.1, -0.05) is 23.7 Å². The Labute approximate surface area is 179 Å². The Morgan fingerprint density at radius 2 is 1.77 bits per heavy atom. The van der Waals surface area contributed by atoms with E-state index in [0.29, 0.717) is 24.9 Å². The van der Waals surface area contributed by atoms with Crippen LogP contribution in [0.2, 0.25) is 5.02 Å². The molecule has 0 aliphatic carbocycles. The van der Waals surface area contributed by atoms with Crippen LogP contribution in [0, 0.1) is 11.8 Å². The number of nitrogens with zero attached hydrogens (tertiary/aromatic N) is 4. The summed E-state index contributed by atoms with van der Waals surface area (Å²) < 4.78 is 25.3. The Bertz CT molecular complexity index is 1050. The number of rotatable bonds is 4. The molecule has 2 aliphatic heterocycles. The number of halogens is 1. The normalized spacial score (nSPS) is 21.6. The third-order valence-electron chi connectivity index (χ3n) is 5.47. The van der Waals surface area contributed by atoms with Crippen molar-refractivity contribution in [2.24, 2.45) is 11.8 Å². The molecule has 0 bridgehead atoms. The van der Waals surface area contributed by atoms with Gasteiger partial charge >= 0.3 is 6.03 Å². The van der Waals surface area contributed by atoms with E-state index >= 15 is 0 Å². The highest BCUT2D eigenvalue weighted by Crippen LogP contribution is 2.32. The van der Waals surface area contributed by atoms with Crippen molar-refractivity contribution in [2.45, 2.75) is 6.54 Å². The largest absolute Gasteiger partial charge is 0.344 e. The van der Waals surface area contributed by atoms with Gasteiger partial charge in [0, 0.05) is 43.9 Å². The summed E-state index contributed by atoms with van der Waals surface area (Å²) in [5.74, 6) is -0.0256. The molecule has 2 saturated heterocycles. The van der Waals surface area contributed by atoms with Gasteiger partial charge in [-0.2, -0.15) is 9.78 Å². The van der Waals surface area contributed by atoms with Crippen LogP contribution in [-0.4, -0.2) is 72.4 Å². The Hall–Kier alpha value is -2.43.